The molecule has 8 heteroatoms. The van der Waals surface area contributed by atoms with Crippen LogP contribution in [0.4, 0.5) is 20.2 Å². The van der Waals surface area contributed by atoms with Gasteiger partial charge in [-0.25, -0.2) is 13.7 Å². The van der Waals surface area contributed by atoms with Crippen molar-refractivity contribution in [1.82, 2.24) is 0 Å². The number of rotatable bonds is 8. The van der Waals surface area contributed by atoms with Gasteiger partial charge < -0.3 is 14.8 Å². The van der Waals surface area contributed by atoms with Gasteiger partial charge in [0.25, 0.3) is 11.8 Å². The number of nitrogens with zero attached hydrogens (tertiary/aromatic N) is 1. The number of hydrogen-bond donors (Lipinski definition) is 1. The van der Waals surface area contributed by atoms with Gasteiger partial charge in [0.2, 0.25) is 0 Å². The summed E-state index contributed by atoms with van der Waals surface area (Å²) in [6.07, 6.45) is 0.825. The van der Waals surface area contributed by atoms with Crippen molar-refractivity contribution < 1.29 is 27.8 Å². The fraction of sp³-hybridized carbons (Fsp3) is 0.154. The molecule has 1 aliphatic heterocycles. The topological polar surface area (TPSA) is 67.9 Å². The van der Waals surface area contributed by atoms with Crippen molar-refractivity contribution in [3.8, 4) is 11.5 Å². The zero-order chi connectivity index (χ0) is 24.2. The van der Waals surface area contributed by atoms with Gasteiger partial charge in [-0.05, 0) is 48.4 Å². The van der Waals surface area contributed by atoms with Gasteiger partial charge >= 0.3 is 0 Å². The summed E-state index contributed by atoms with van der Waals surface area (Å²) in [4.78, 5) is 27.4. The standard InChI is InChI=1S/C26H22F2N2O4/c1-3-13-34-20-6-4-5-18(15-20)29-24-23(16-7-10-19(33-2)11-8-16)25(31)30(26(24)32)22-14-17(27)9-12-21(22)28/h4-12,14-15,29H,3,13H2,1-2H3. The van der Waals surface area contributed by atoms with Crippen LogP contribution < -0.4 is 19.7 Å². The first kappa shape index (κ1) is 23.0. The van der Waals surface area contributed by atoms with Crippen LogP contribution in [-0.2, 0) is 9.59 Å². The third kappa shape index (κ3) is 4.47. The molecule has 0 bridgehead atoms. The number of benzene rings is 3. The number of ether oxygens (including phenoxy) is 2. The molecule has 0 atom stereocenters. The minimum atomic E-state index is -0.895. The SMILES string of the molecule is CCCOc1cccc(NC2=C(c3ccc(OC)cc3)C(=O)N(c3cc(F)ccc3F)C2=O)c1. The molecular weight excluding hydrogens is 442 g/mol. The Morgan fingerprint density at radius 2 is 1.68 bits per heavy atom. The number of amides is 2. The van der Waals surface area contributed by atoms with Gasteiger partial charge in [-0.1, -0.05) is 25.1 Å². The quantitative estimate of drug-likeness (QED) is 0.467. The smallest absolute Gasteiger partial charge is 0.282 e. The van der Waals surface area contributed by atoms with Crippen molar-refractivity contribution in [2.24, 2.45) is 0 Å². The summed E-state index contributed by atoms with van der Waals surface area (Å²) in [5.74, 6) is -2.10. The summed E-state index contributed by atoms with van der Waals surface area (Å²) in [7, 11) is 1.51. The van der Waals surface area contributed by atoms with E-state index in [0.29, 0.717) is 34.3 Å². The molecule has 0 spiro atoms. The van der Waals surface area contributed by atoms with E-state index in [0.717, 1.165) is 24.6 Å². The molecule has 34 heavy (non-hydrogen) atoms. The maximum atomic E-state index is 14.5. The predicted octanol–water partition coefficient (Wildman–Crippen LogP) is 5.16. The summed E-state index contributed by atoms with van der Waals surface area (Å²) in [5.41, 5.74) is 0.414. The Bertz CT molecular complexity index is 1270. The largest absolute Gasteiger partial charge is 0.497 e. The lowest BCUT2D eigenvalue weighted by atomic mass is 10.0. The van der Waals surface area contributed by atoms with Crippen LogP contribution in [0.2, 0.25) is 0 Å². The van der Waals surface area contributed by atoms with E-state index in [-0.39, 0.29) is 11.3 Å². The number of anilines is 2. The van der Waals surface area contributed by atoms with Gasteiger partial charge in [0.05, 0.1) is 25.0 Å². The summed E-state index contributed by atoms with van der Waals surface area (Å²) in [6.45, 7) is 2.50. The van der Waals surface area contributed by atoms with Crippen LogP contribution in [0.5, 0.6) is 11.5 Å². The average molecular weight is 464 g/mol. The average Bonchev–Trinajstić information content (AvgIpc) is 3.08. The Labute approximate surface area is 195 Å². The lowest BCUT2D eigenvalue weighted by Crippen LogP contribution is -2.33. The van der Waals surface area contributed by atoms with Crippen molar-refractivity contribution in [3.63, 3.8) is 0 Å². The van der Waals surface area contributed by atoms with E-state index >= 15 is 0 Å². The molecule has 0 aliphatic carbocycles. The molecule has 174 valence electrons. The molecule has 0 unspecified atom stereocenters. The third-order valence-electron chi connectivity index (χ3n) is 5.19. The van der Waals surface area contributed by atoms with Crippen LogP contribution in [0.1, 0.15) is 18.9 Å². The van der Waals surface area contributed by atoms with Crippen LogP contribution in [-0.4, -0.2) is 25.5 Å². The van der Waals surface area contributed by atoms with Gasteiger partial charge in [0.15, 0.2) is 0 Å². The summed E-state index contributed by atoms with van der Waals surface area (Å²) in [6, 6.07) is 16.0. The van der Waals surface area contributed by atoms with E-state index in [1.807, 2.05) is 6.92 Å². The first-order valence-corrected chi connectivity index (χ1v) is 10.7. The third-order valence-corrected chi connectivity index (χ3v) is 5.19. The summed E-state index contributed by atoms with van der Waals surface area (Å²) < 4.78 is 39.2. The number of methoxy groups -OCH3 is 1. The second-order valence-corrected chi connectivity index (χ2v) is 7.52. The highest BCUT2D eigenvalue weighted by Crippen LogP contribution is 2.36. The highest BCUT2D eigenvalue weighted by Gasteiger charge is 2.41. The summed E-state index contributed by atoms with van der Waals surface area (Å²) >= 11 is 0. The highest BCUT2D eigenvalue weighted by atomic mass is 19.1. The number of carbonyl (C=O) groups excluding carboxylic acids is 2. The van der Waals surface area contributed by atoms with E-state index in [1.54, 1.807) is 48.5 Å². The fourth-order valence-corrected chi connectivity index (χ4v) is 3.58. The van der Waals surface area contributed by atoms with Crippen molar-refractivity contribution in [1.29, 1.82) is 0 Å². The van der Waals surface area contributed by atoms with E-state index in [9.17, 15) is 18.4 Å². The van der Waals surface area contributed by atoms with Crippen molar-refractivity contribution in [3.05, 3.63) is 89.6 Å². The maximum Gasteiger partial charge on any atom is 0.282 e. The molecule has 0 radical (unpaired) electrons. The van der Waals surface area contributed by atoms with Crippen LogP contribution in [0.25, 0.3) is 5.57 Å². The Hall–Kier alpha value is -4.20. The summed E-state index contributed by atoms with van der Waals surface area (Å²) in [5, 5.41) is 2.99. The molecule has 4 rings (SSSR count). The Morgan fingerprint density at radius 3 is 2.38 bits per heavy atom. The number of hydrogen-bond acceptors (Lipinski definition) is 5. The molecule has 1 heterocycles. The zero-order valence-corrected chi connectivity index (χ0v) is 18.6. The van der Waals surface area contributed by atoms with Gasteiger partial charge in [0, 0.05) is 17.8 Å². The lowest BCUT2D eigenvalue weighted by Gasteiger charge is -2.16. The normalized spacial score (nSPS) is 13.5. The van der Waals surface area contributed by atoms with Crippen LogP contribution in [0.15, 0.2) is 72.4 Å². The highest BCUT2D eigenvalue weighted by molar-refractivity contribution is 6.46. The first-order valence-electron chi connectivity index (χ1n) is 10.7. The van der Waals surface area contributed by atoms with Crippen LogP contribution in [0, 0.1) is 11.6 Å². The van der Waals surface area contributed by atoms with E-state index in [2.05, 4.69) is 5.32 Å². The molecule has 3 aromatic rings. The molecule has 6 nitrogen and oxygen atoms in total. The van der Waals surface area contributed by atoms with Gasteiger partial charge in [-0.15, -0.1) is 0 Å². The number of carbonyl (C=O) groups is 2. The molecule has 0 fully saturated rings. The minimum absolute atomic E-state index is 0.0243. The molecule has 0 aromatic heterocycles. The Balaban J connectivity index is 1.79. The fourth-order valence-electron chi connectivity index (χ4n) is 3.58. The number of halogens is 2. The maximum absolute atomic E-state index is 14.5. The van der Waals surface area contributed by atoms with E-state index in [4.69, 9.17) is 9.47 Å². The van der Waals surface area contributed by atoms with Crippen LogP contribution >= 0.6 is 0 Å². The zero-order valence-electron chi connectivity index (χ0n) is 18.6. The second kappa shape index (κ2) is 9.74. The first-order chi connectivity index (χ1) is 16.4. The molecule has 1 N–H and O–H groups in total. The van der Waals surface area contributed by atoms with Gasteiger partial charge in [-0.2, -0.15) is 0 Å². The lowest BCUT2D eigenvalue weighted by molar-refractivity contribution is -0.120. The van der Waals surface area contributed by atoms with Crippen LogP contribution in [0.3, 0.4) is 0 Å². The van der Waals surface area contributed by atoms with E-state index < -0.39 is 29.1 Å². The predicted molar refractivity (Wildman–Crippen MR) is 125 cm³/mol. The Kier molecular flexibility index (Phi) is 6.58. The molecule has 2 amide bonds. The van der Waals surface area contributed by atoms with Gasteiger partial charge in [-0.3, -0.25) is 9.59 Å². The minimum Gasteiger partial charge on any atom is -0.497 e. The molecule has 3 aromatic carbocycles. The molecule has 1 aliphatic rings. The van der Waals surface area contributed by atoms with Gasteiger partial charge in [0.1, 0.15) is 28.8 Å². The van der Waals surface area contributed by atoms with E-state index in [1.165, 1.54) is 7.11 Å². The number of nitrogens with one attached hydrogen (secondary N) is 1. The molecule has 0 saturated heterocycles. The monoisotopic (exact) mass is 464 g/mol. The van der Waals surface area contributed by atoms with Crippen molar-refractivity contribution in [2.45, 2.75) is 13.3 Å². The van der Waals surface area contributed by atoms with Crippen molar-refractivity contribution in [2.75, 3.05) is 23.9 Å². The number of imide groups is 1. The second-order valence-electron chi connectivity index (χ2n) is 7.52. The van der Waals surface area contributed by atoms with Crippen molar-refractivity contribution >= 4 is 28.8 Å². The Morgan fingerprint density at radius 1 is 0.912 bits per heavy atom. The molecule has 0 saturated carbocycles. The molecular formula is C26H22F2N2O4.